The number of sulfonamides is 1. The van der Waals surface area contributed by atoms with E-state index in [1.54, 1.807) is 0 Å². The lowest BCUT2D eigenvalue weighted by Gasteiger charge is -2.15. The molecule has 0 unspecified atom stereocenters. The average Bonchev–Trinajstić information content (AvgIpc) is 3.32. The first kappa shape index (κ1) is 23.6. The Morgan fingerprint density at radius 3 is 2.41 bits per heavy atom. The zero-order valence-corrected chi connectivity index (χ0v) is 17.8. The fraction of sp³-hybridized carbons (Fsp3) is 0.318. The van der Waals surface area contributed by atoms with Gasteiger partial charge in [0.2, 0.25) is 10.0 Å². The number of carbonyl (C=O) groups is 1. The Bertz CT molecular complexity index is 1110. The third-order valence-corrected chi connectivity index (χ3v) is 6.67. The molecule has 2 aromatic carbocycles. The Morgan fingerprint density at radius 1 is 1.06 bits per heavy atom. The van der Waals surface area contributed by atoms with Gasteiger partial charge in [0.25, 0.3) is 5.91 Å². The zero-order chi connectivity index (χ0) is 23.2. The molecule has 2 aromatic rings. The highest BCUT2D eigenvalue weighted by atomic mass is 32.2. The molecule has 3 rings (SSSR count). The number of nitrogens with zero attached hydrogens (tertiary/aromatic N) is 1. The van der Waals surface area contributed by atoms with Crippen molar-refractivity contribution >= 4 is 15.9 Å². The van der Waals surface area contributed by atoms with E-state index in [0.717, 1.165) is 25.0 Å². The maximum Gasteiger partial charge on any atom is 0.416 e. The van der Waals surface area contributed by atoms with Gasteiger partial charge in [-0.15, -0.1) is 0 Å². The van der Waals surface area contributed by atoms with Crippen LogP contribution < -0.4 is 10.1 Å². The third-order valence-electron chi connectivity index (χ3n) is 4.75. The van der Waals surface area contributed by atoms with E-state index in [2.05, 4.69) is 17.2 Å². The molecule has 1 aliphatic heterocycles. The second-order valence-electron chi connectivity index (χ2n) is 6.99. The van der Waals surface area contributed by atoms with Crippen LogP contribution in [0.25, 0.3) is 0 Å². The van der Waals surface area contributed by atoms with Crippen LogP contribution in [0.1, 0.15) is 28.8 Å². The van der Waals surface area contributed by atoms with Crippen LogP contribution in [0.5, 0.6) is 5.75 Å². The van der Waals surface area contributed by atoms with E-state index in [9.17, 15) is 26.4 Å². The van der Waals surface area contributed by atoms with Gasteiger partial charge in [-0.3, -0.25) is 4.79 Å². The van der Waals surface area contributed by atoms with Crippen LogP contribution in [0, 0.1) is 11.8 Å². The minimum atomic E-state index is -4.45. The molecule has 1 fully saturated rings. The molecule has 1 heterocycles. The van der Waals surface area contributed by atoms with Gasteiger partial charge in [0.15, 0.2) is 0 Å². The number of halogens is 3. The van der Waals surface area contributed by atoms with Gasteiger partial charge in [-0.1, -0.05) is 17.9 Å². The number of nitrogens with one attached hydrogen (secondary N) is 1. The number of carbonyl (C=O) groups excluding carboxylic acids is 1. The van der Waals surface area contributed by atoms with Crippen LogP contribution in [0.15, 0.2) is 53.4 Å². The lowest BCUT2D eigenvalue weighted by atomic mass is 10.2. The first-order chi connectivity index (χ1) is 15.2. The SMILES string of the molecule is O=C(NCC#CCOc1cccc(C(F)(F)F)c1)c1ccc(S(=O)(=O)N2CCCC2)cc1. The molecule has 0 spiro atoms. The van der Waals surface area contributed by atoms with Crippen molar-refractivity contribution in [1.29, 1.82) is 0 Å². The summed E-state index contributed by atoms with van der Waals surface area (Å²) in [4.78, 5) is 12.3. The normalized spacial score (nSPS) is 14.5. The molecule has 0 aliphatic carbocycles. The number of hydrogen-bond donors (Lipinski definition) is 1. The van der Waals surface area contributed by atoms with Crippen molar-refractivity contribution in [3.63, 3.8) is 0 Å². The third kappa shape index (κ3) is 6.02. The standard InChI is InChI=1S/C22H21F3N2O4S/c23-22(24,25)18-6-5-7-19(16-18)31-15-4-1-12-26-21(28)17-8-10-20(11-9-17)32(29,30)27-13-2-3-14-27/h5-11,16H,2-3,12-15H2,(H,26,28). The summed E-state index contributed by atoms with van der Waals surface area (Å²) in [5, 5.41) is 2.56. The molecule has 0 radical (unpaired) electrons. The highest BCUT2D eigenvalue weighted by molar-refractivity contribution is 7.89. The fourth-order valence-electron chi connectivity index (χ4n) is 3.08. The van der Waals surface area contributed by atoms with Crippen molar-refractivity contribution in [1.82, 2.24) is 9.62 Å². The minimum Gasteiger partial charge on any atom is -0.481 e. The Labute approximate surface area is 184 Å². The maximum atomic E-state index is 12.7. The van der Waals surface area contributed by atoms with Gasteiger partial charge in [0.05, 0.1) is 17.0 Å². The van der Waals surface area contributed by atoms with Crippen LogP contribution in [-0.4, -0.2) is 44.9 Å². The lowest BCUT2D eigenvalue weighted by molar-refractivity contribution is -0.137. The zero-order valence-electron chi connectivity index (χ0n) is 17.0. The maximum absolute atomic E-state index is 12.7. The molecule has 0 saturated carbocycles. The topological polar surface area (TPSA) is 75.7 Å². The Balaban J connectivity index is 1.47. The first-order valence-corrected chi connectivity index (χ1v) is 11.3. The highest BCUT2D eigenvalue weighted by Crippen LogP contribution is 2.31. The number of benzene rings is 2. The number of hydrogen-bond acceptors (Lipinski definition) is 4. The van der Waals surface area contributed by atoms with Gasteiger partial charge in [0.1, 0.15) is 12.4 Å². The van der Waals surface area contributed by atoms with Crippen molar-refractivity contribution in [2.45, 2.75) is 23.9 Å². The van der Waals surface area contributed by atoms with E-state index in [0.29, 0.717) is 13.1 Å². The molecule has 1 N–H and O–H groups in total. The van der Waals surface area contributed by atoms with E-state index >= 15 is 0 Å². The summed E-state index contributed by atoms with van der Waals surface area (Å²) in [7, 11) is -3.54. The van der Waals surface area contributed by atoms with Crippen molar-refractivity contribution in [2.75, 3.05) is 26.2 Å². The second-order valence-corrected chi connectivity index (χ2v) is 8.92. The van der Waals surface area contributed by atoms with Crippen molar-refractivity contribution in [3.05, 3.63) is 59.7 Å². The first-order valence-electron chi connectivity index (χ1n) is 9.82. The molecular weight excluding hydrogens is 445 g/mol. The van der Waals surface area contributed by atoms with Gasteiger partial charge in [0, 0.05) is 18.7 Å². The molecular formula is C22H21F3N2O4S. The Morgan fingerprint density at radius 2 is 1.75 bits per heavy atom. The molecule has 170 valence electrons. The number of rotatable bonds is 6. The number of ether oxygens (including phenoxy) is 1. The molecule has 32 heavy (non-hydrogen) atoms. The molecule has 1 saturated heterocycles. The minimum absolute atomic E-state index is 0.00138. The number of alkyl halides is 3. The van der Waals surface area contributed by atoms with E-state index in [1.165, 1.54) is 40.7 Å². The predicted molar refractivity (Wildman–Crippen MR) is 111 cm³/mol. The molecule has 0 atom stereocenters. The van der Waals surface area contributed by atoms with Crippen molar-refractivity contribution in [3.8, 4) is 17.6 Å². The Hall–Kier alpha value is -3.03. The summed E-state index contributed by atoms with van der Waals surface area (Å²) in [6.07, 6.45) is -2.77. The van der Waals surface area contributed by atoms with Gasteiger partial charge < -0.3 is 10.1 Å². The van der Waals surface area contributed by atoms with E-state index < -0.39 is 27.7 Å². The van der Waals surface area contributed by atoms with Crippen LogP contribution in [0.4, 0.5) is 13.2 Å². The summed E-state index contributed by atoms with van der Waals surface area (Å²) < 4.78 is 69.6. The monoisotopic (exact) mass is 466 g/mol. The lowest BCUT2D eigenvalue weighted by Crippen LogP contribution is -2.28. The molecule has 6 nitrogen and oxygen atoms in total. The second kappa shape index (κ2) is 10.1. The van der Waals surface area contributed by atoms with E-state index in [4.69, 9.17) is 4.74 Å². The average molecular weight is 466 g/mol. The molecule has 10 heteroatoms. The molecule has 1 aliphatic rings. The van der Waals surface area contributed by atoms with Crippen LogP contribution in [-0.2, 0) is 16.2 Å². The van der Waals surface area contributed by atoms with Crippen molar-refractivity contribution < 1.29 is 31.1 Å². The predicted octanol–water partition coefficient (Wildman–Crippen LogP) is 3.30. The van der Waals surface area contributed by atoms with Crippen LogP contribution >= 0.6 is 0 Å². The van der Waals surface area contributed by atoms with Gasteiger partial charge in [-0.2, -0.15) is 17.5 Å². The van der Waals surface area contributed by atoms with Crippen LogP contribution in [0.2, 0.25) is 0 Å². The van der Waals surface area contributed by atoms with Gasteiger partial charge in [-0.05, 0) is 55.3 Å². The smallest absolute Gasteiger partial charge is 0.416 e. The largest absolute Gasteiger partial charge is 0.481 e. The van der Waals surface area contributed by atoms with E-state index in [1.807, 2.05) is 0 Å². The summed E-state index contributed by atoms with van der Waals surface area (Å²) >= 11 is 0. The number of amides is 1. The van der Waals surface area contributed by atoms with E-state index in [-0.39, 0.29) is 29.4 Å². The highest BCUT2D eigenvalue weighted by Gasteiger charge is 2.30. The quantitative estimate of drug-likeness (QED) is 0.663. The Kier molecular flexibility index (Phi) is 7.43. The summed E-state index contributed by atoms with van der Waals surface area (Å²) in [5.74, 6) is 4.86. The summed E-state index contributed by atoms with van der Waals surface area (Å²) in [5.41, 5.74) is -0.526. The summed E-state index contributed by atoms with van der Waals surface area (Å²) in [6.45, 7) is 0.861. The molecule has 0 aromatic heterocycles. The van der Waals surface area contributed by atoms with Gasteiger partial charge >= 0.3 is 6.18 Å². The molecule has 0 bridgehead atoms. The molecule has 1 amide bonds. The summed E-state index contributed by atoms with van der Waals surface area (Å²) in [6, 6.07) is 10.1. The van der Waals surface area contributed by atoms with Crippen LogP contribution in [0.3, 0.4) is 0 Å². The fourth-order valence-corrected chi connectivity index (χ4v) is 4.59. The van der Waals surface area contributed by atoms with Gasteiger partial charge in [-0.25, -0.2) is 8.42 Å². The van der Waals surface area contributed by atoms with Crippen molar-refractivity contribution in [2.24, 2.45) is 0 Å².